The number of carbonyl (C=O) groups excluding carboxylic acids is 1. The van der Waals surface area contributed by atoms with Gasteiger partial charge in [0.1, 0.15) is 12.7 Å². The van der Waals surface area contributed by atoms with Gasteiger partial charge in [-0.1, -0.05) is 6.07 Å². The summed E-state index contributed by atoms with van der Waals surface area (Å²) in [5.74, 6) is 1.31. The Bertz CT molecular complexity index is 703. The van der Waals surface area contributed by atoms with Crippen LogP contribution in [0.25, 0.3) is 0 Å². The largest absolute Gasteiger partial charge is 0.493 e. The van der Waals surface area contributed by atoms with Crippen molar-refractivity contribution in [1.82, 2.24) is 19.6 Å². The normalized spacial score (nSPS) is 19.2. The average molecular weight is 437 g/mol. The van der Waals surface area contributed by atoms with Crippen LogP contribution in [0.3, 0.4) is 0 Å². The Morgan fingerprint density at radius 1 is 1.10 bits per heavy atom. The maximum absolute atomic E-state index is 12.0. The Morgan fingerprint density at radius 2 is 1.81 bits per heavy atom. The lowest BCUT2D eigenvalue weighted by Gasteiger charge is -2.36. The minimum absolute atomic E-state index is 0.0348. The van der Waals surface area contributed by atoms with Crippen LogP contribution >= 0.6 is 0 Å². The van der Waals surface area contributed by atoms with E-state index in [4.69, 9.17) is 14.2 Å². The van der Waals surface area contributed by atoms with Crippen molar-refractivity contribution in [1.29, 1.82) is 0 Å². The number of aliphatic hydroxyl groups excluding tert-OH is 1. The number of rotatable bonds is 8. The van der Waals surface area contributed by atoms with Gasteiger partial charge < -0.3 is 29.1 Å². The van der Waals surface area contributed by atoms with Crippen LogP contribution in [0.4, 0.5) is 4.79 Å². The highest BCUT2D eigenvalue weighted by molar-refractivity contribution is 5.73. The van der Waals surface area contributed by atoms with Crippen LogP contribution < -0.4 is 9.47 Å². The van der Waals surface area contributed by atoms with Gasteiger partial charge in [0.25, 0.3) is 0 Å². The lowest BCUT2D eigenvalue weighted by molar-refractivity contribution is 0.0340. The highest BCUT2D eigenvalue weighted by Crippen LogP contribution is 2.29. The van der Waals surface area contributed by atoms with Gasteiger partial charge in [-0.15, -0.1) is 0 Å². The van der Waals surface area contributed by atoms with Crippen molar-refractivity contribution < 1.29 is 24.1 Å². The number of β-amino-alcohol motifs (C(OH)–C–C–N with tert-alkyl or cyclic N) is 1. The molecule has 1 N–H and O–H groups in total. The van der Waals surface area contributed by atoms with Gasteiger partial charge in [-0.3, -0.25) is 9.80 Å². The number of benzene rings is 1. The van der Waals surface area contributed by atoms with Crippen LogP contribution in [-0.4, -0.2) is 124 Å². The predicted molar refractivity (Wildman–Crippen MR) is 118 cm³/mol. The smallest absolute Gasteiger partial charge is 0.319 e. The minimum Gasteiger partial charge on any atom is -0.493 e. The molecular formula is C22H36N4O5. The van der Waals surface area contributed by atoms with Crippen LogP contribution in [0.1, 0.15) is 5.56 Å². The van der Waals surface area contributed by atoms with E-state index in [1.54, 1.807) is 26.1 Å². The van der Waals surface area contributed by atoms with Crippen LogP contribution in [-0.2, 0) is 11.3 Å². The number of hydrogen-bond donors (Lipinski definition) is 1. The maximum Gasteiger partial charge on any atom is 0.319 e. The molecule has 174 valence electrons. The Hall–Kier alpha value is -2.07. The second-order valence-electron chi connectivity index (χ2n) is 8.30. The molecule has 9 heteroatoms. The Balaban J connectivity index is 1.47. The molecule has 1 atom stereocenters. The van der Waals surface area contributed by atoms with E-state index < -0.39 is 6.10 Å². The molecule has 0 aromatic heterocycles. The summed E-state index contributed by atoms with van der Waals surface area (Å²) >= 11 is 0. The summed E-state index contributed by atoms with van der Waals surface area (Å²) in [6.07, 6.45) is -0.622. The van der Waals surface area contributed by atoms with E-state index in [2.05, 4.69) is 9.80 Å². The molecule has 0 aliphatic carbocycles. The van der Waals surface area contributed by atoms with Crippen LogP contribution in [0, 0.1) is 0 Å². The van der Waals surface area contributed by atoms with Gasteiger partial charge in [-0.25, -0.2) is 4.79 Å². The summed E-state index contributed by atoms with van der Waals surface area (Å²) in [6, 6.07) is 5.99. The number of morpholine rings is 1. The van der Waals surface area contributed by atoms with Crippen molar-refractivity contribution in [3.8, 4) is 11.5 Å². The number of urea groups is 1. The zero-order chi connectivity index (χ0) is 22.2. The van der Waals surface area contributed by atoms with Crippen molar-refractivity contribution in [3.63, 3.8) is 0 Å². The summed E-state index contributed by atoms with van der Waals surface area (Å²) in [5, 5.41) is 10.5. The Kier molecular flexibility index (Phi) is 8.77. The second-order valence-corrected chi connectivity index (χ2v) is 8.30. The van der Waals surface area contributed by atoms with Crippen molar-refractivity contribution >= 4 is 6.03 Å². The molecule has 1 aromatic rings. The topological polar surface area (TPSA) is 78.0 Å². The zero-order valence-electron chi connectivity index (χ0n) is 19.0. The molecule has 3 rings (SSSR count). The SMILES string of the molecule is COc1ccc(CN2CCOCC2)cc1OCC(O)CN1CCN(C(=O)N(C)C)CC1. The van der Waals surface area contributed by atoms with Gasteiger partial charge in [0, 0.05) is 66.5 Å². The molecule has 1 unspecified atom stereocenters. The number of piperazine rings is 1. The van der Waals surface area contributed by atoms with Gasteiger partial charge in [-0.2, -0.15) is 0 Å². The standard InChI is InChI=1S/C22H36N4O5/c1-23(2)22(28)26-8-6-24(7-9-26)16-19(27)17-31-21-14-18(4-5-20(21)29-3)15-25-10-12-30-13-11-25/h4-5,14,19,27H,6-13,15-17H2,1-3H3. The van der Waals surface area contributed by atoms with Gasteiger partial charge in [-0.05, 0) is 17.7 Å². The van der Waals surface area contributed by atoms with Crippen molar-refractivity contribution in [3.05, 3.63) is 23.8 Å². The molecule has 2 aliphatic heterocycles. The van der Waals surface area contributed by atoms with Gasteiger partial charge in [0.05, 0.1) is 20.3 Å². The molecule has 2 heterocycles. The molecule has 0 saturated carbocycles. The first kappa shape index (κ1) is 23.6. The van der Waals surface area contributed by atoms with Gasteiger partial charge in [0.15, 0.2) is 11.5 Å². The predicted octanol–water partition coefficient (Wildman–Crippen LogP) is 0.566. The molecule has 1 aromatic carbocycles. The fourth-order valence-electron chi connectivity index (χ4n) is 3.89. The third kappa shape index (κ3) is 6.96. The molecular weight excluding hydrogens is 400 g/mol. The third-order valence-electron chi connectivity index (χ3n) is 5.66. The molecule has 0 spiro atoms. The molecule has 9 nitrogen and oxygen atoms in total. The van der Waals surface area contributed by atoms with Gasteiger partial charge in [0.2, 0.25) is 0 Å². The maximum atomic E-state index is 12.0. The van der Waals surface area contributed by atoms with Gasteiger partial charge >= 0.3 is 6.03 Å². The number of ether oxygens (including phenoxy) is 3. The molecule has 0 radical (unpaired) electrons. The number of nitrogens with zero attached hydrogens (tertiary/aromatic N) is 4. The first-order valence-electron chi connectivity index (χ1n) is 10.9. The first-order chi connectivity index (χ1) is 15.0. The highest BCUT2D eigenvalue weighted by Gasteiger charge is 2.23. The fourth-order valence-corrected chi connectivity index (χ4v) is 3.89. The molecule has 2 saturated heterocycles. The van der Waals surface area contributed by atoms with E-state index in [9.17, 15) is 9.90 Å². The summed E-state index contributed by atoms with van der Waals surface area (Å²) in [5.41, 5.74) is 1.15. The zero-order valence-corrected chi connectivity index (χ0v) is 19.0. The number of carbonyl (C=O) groups is 1. The quantitative estimate of drug-likeness (QED) is 0.638. The van der Waals surface area contributed by atoms with E-state index >= 15 is 0 Å². The molecule has 2 fully saturated rings. The Morgan fingerprint density at radius 3 is 2.45 bits per heavy atom. The van der Waals surface area contributed by atoms with E-state index in [1.165, 1.54) is 0 Å². The van der Waals surface area contributed by atoms with Crippen LogP contribution in [0.2, 0.25) is 0 Å². The highest BCUT2D eigenvalue weighted by atomic mass is 16.5. The van der Waals surface area contributed by atoms with E-state index in [0.29, 0.717) is 31.1 Å². The van der Waals surface area contributed by atoms with Crippen LogP contribution in [0.15, 0.2) is 18.2 Å². The first-order valence-corrected chi connectivity index (χ1v) is 10.9. The number of methoxy groups -OCH3 is 1. The summed E-state index contributed by atoms with van der Waals surface area (Å²) < 4.78 is 16.8. The van der Waals surface area contributed by atoms with Crippen molar-refractivity contribution in [2.75, 3.05) is 86.8 Å². The Labute approximate surface area is 185 Å². The minimum atomic E-state index is -0.622. The lowest BCUT2D eigenvalue weighted by Crippen LogP contribution is -2.53. The summed E-state index contributed by atoms with van der Waals surface area (Å²) in [7, 11) is 5.15. The van der Waals surface area contributed by atoms with E-state index in [-0.39, 0.29) is 12.6 Å². The number of hydrogen-bond acceptors (Lipinski definition) is 7. The number of aliphatic hydroxyl groups is 1. The molecule has 0 bridgehead atoms. The monoisotopic (exact) mass is 436 g/mol. The van der Waals surface area contributed by atoms with Crippen molar-refractivity contribution in [2.24, 2.45) is 0 Å². The number of amides is 2. The summed E-state index contributed by atoms with van der Waals surface area (Å²) in [6.45, 7) is 7.75. The molecule has 2 amide bonds. The average Bonchev–Trinajstić information content (AvgIpc) is 2.78. The fraction of sp³-hybridized carbons (Fsp3) is 0.682. The molecule has 2 aliphatic rings. The van der Waals surface area contributed by atoms with E-state index in [1.807, 2.05) is 23.1 Å². The molecule has 31 heavy (non-hydrogen) atoms. The van der Waals surface area contributed by atoms with Crippen molar-refractivity contribution in [2.45, 2.75) is 12.6 Å². The third-order valence-corrected chi connectivity index (χ3v) is 5.66. The van der Waals surface area contributed by atoms with E-state index in [0.717, 1.165) is 51.5 Å². The second kappa shape index (κ2) is 11.5. The van der Waals surface area contributed by atoms with Crippen LogP contribution in [0.5, 0.6) is 11.5 Å². The summed E-state index contributed by atoms with van der Waals surface area (Å²) in [4.78, 5) is 20.0. The lowest BCUT2D eigenvalue weighted by atomic mass is 10.2.